The number of nitrogens with zero attached hydrogens (tertiary/aromatic N) is 2. The van der Waals surface area contributed by atoms with Crippen molar-refractivity contribution in [2.24, 2.45) is 5.73 Å². The summed E-state index contributed by atoms with van der Waals surface area (Å²) in [5.41, 5.74) is 8.74. The lowest BCUT2D eigenvalue weighted by Gasteiger charge is -2.27. The number of aryl methyl sites for hydroxylation is 2. The summed E-state index contributed by atoms with van der Waals surface area (Å²) in [4.78, 5) is 27.0. The maximum Gasteiger partial charge on any atom is 0.315 e. The Hall–Kier alpha value is -2.24. The molecule has 3 amide bonds. The van der Waals surface area contributed by atoms with Crippen molar-refractivity contribution in [2.75, 3.05) is 26.7 Å². The summed E-state index contributed by atoms with van der Waals surface area (Å²) in [6.07, 6.45) is 1.48. The Labute approximate surface area is 143 Å². The van der Waals surface area contributed by atoms with E-state index >= 15 is 0 Å². The number of primary amides is 1. The molecule has 1 atom stereocenters. The zero-order valence-electron chi connectivity index (χ0n) is 15.0. The van der Waals surface area contributed by atoms with E-state index in [1.165, 1.54) is 10.5 Å². The molecule has 24 heavy (non-hydrogen) atoms. The SMILES string of the molecule is Cc1ccc(C)c(OCCN(C)C(=O)[C@@H]2CCCN2C(N)=O)c1C. The van der Waals surface area contributed by atoms with Gasteiger partial charge in [0.25, 0.3) is 0 Å². The van der Waals surface area contributed by atoms with Crippen molar-refractivity contribution in [3.63, 3.8) is 0 Å². The molecule has 2 N–H and O–H groups in total. The van der Waals surface area contributed by atoms with Gasteiger partial charge in [0, 0.05) is 13.6 Å². The number of likely N-dealkylation sites (N-methyl/N-ethyl adjacent to an activating group) is 1. The molecule has 1 aromatic carbocycles. The van der Waals surface area contributed by atoms with Gasteiger partial charge in [-0.2, -0.15) is 0 Å². The number of hydrogen-bond donors (Lipinski definition) is 1. The minimum absolute atomic E-state index is 0.0763. The fourth-order valence-corrected chi connectivity index (χ4v) is 3.08. The summed E-state index contributed by atoms with van der Waals surface area (Å²) in [6.45, 7) is 7.54. The molecule has 2 rings (SSSR count). The molecule has 132 valence electrons. The van der Waals surface area contributed by atoms with E-state index in [4.69, 9.17) is 10.5 Å². The number of carbonyl (C=O) groups excluding carboxylic acids is 2. The minimum Gasteiger partial charge on any atom is -0.491 e. The third-order valence-electron chi connectivity index (χ3n) is 4.74. The monoisotopic (exact) mass is 333 g/mol. The highest BCUT2D eigenvalue weighted by Crippen LogP contribution is 2.25. The molecule has 1 aromatic rings. The number of hydrogen-bond acceptors (Lipinski definition) is 3. The van der Waals surface area contributed by atoms with Gasteiger partial charge in [0.15, 0.2) is 0 Å². The van der Waals surface area contributed by atoms with Crippen molar-refractivity contribution in [3.05, 3.63) is 28.8 Å². The van der Waals surface area contributed by atoms with Crippen LogP contribution in [0.25, 0.3) is 0 Å². The van der Waals surface area contributed by atoms with Crippen molar-refractivity contribution in [1.29, 1.82) is 0 Å². The molecule has 0 aromatic heterocycles. The third-order valence-corrected chi connectivity index (χ3v) is 4.74. The number of rotatable bonds is 5. The average Bonchev–Trinajstić information content (AvgIpc) is 3.03. The largest absolute Gasteiger partial charge is 0.491 e. The first kappa shape index (κ1) is 18.1. The number of nitrogens with two attached hydrogens (primary N) is 1. The van der Waals surface area contributed by atoms with E-state index in [2.05, 4.69) is 13.0 Å². The van der Waals surface area contributed by atoms with Gasteiger partial charge in [-0.05, 0) is 50.3 Å². The van der Waals surface area contributed by atoms with Crippen LogP contribution in [0, 0.1) is 20.8 Å². The Balaban J connectivity index is 1.92. The quantitative estimate of drug-likeness (QED) is 0.895. The molecule has 6 heteroatoms. The Morgan fingerprint density at radius 3 is 2.62 bits per heavy atom. The summed E-state index contributed by atoms with van der Waals surface area (Å²) in [7, 11) is 1.74. The van der Waals surface area contributed by atoms with E-state index in [0.717, 1.165) is 23.3 Å². The van der Waals surface area contributed by atoms with Crippen LogP contribution in [0.2, 0.25) is 0 Å². The highest BCUT2D eigenvalue weighted by Gasteiger charge is 2.34. The first-order chi connectivity index (χ1) is 11.3. The van der Waals surface area contributed by atoms with Gasteiger partial charge < -0.3 is 20.3 Å². The lowest BCUT2D eigenvalue weighted by Crippen LogP contribution is -2.49. The predicted octanol–water partition coefficient (Wildman–Crippen LogP) is 1.99. The second-order valence-electron chi connectivity index (χ2n) is 6.45. The van der Waals surface area contributed by atoms with Crippen LogP contribution in [0.5, 0.6) is 5.75 Å². The summed E-state index contributed by atoms with van der Waals surface area (Å²) >= 11 is 0. The maximum absolute atomic E-state index is 12.5. The van der Waals surface area contributed by atoms with Crippen molar-refractivity contribution < 1.29 is 14.3 Å². The van der Waals surface area contributed by atoms with Gasteiger partial charge in [-0.15, -0.1) is 0 Å². The van der Waals surface area contributed by atoms with Crippen LogP contribution < -0.4 is 10.5 Å². The molecule has 0 saturated carbocycles. The van der Waals surface area contributed by atoms with Gasteiger partial charge in [0.05, 0.1) is 6.54 Å². The number of likely N-dealkylation sites (tertiary alicyclic amines) is 1. The Bertz CT molecular complexity index is 630. The normalized spacial score (nSPS) is 17.0. The molecule has 1 heterocycles. The highest BCUT2D eigenvalue weighted by atomic mass is 16.5. The highest BCUT2D eigenvalue weighted by molar-refractivity contribution is 5.87. The van der Waals surface area contributed by atoms with Gasteiger partial charge in [-0.25, -0.2) is 4.79 Å². The molecule has 6 nitrogen and oxygen atoms in total. The van der Waals surface area contributed by atoms with Gasteiger partial charge >= 0.3 is 6.03 Å². The molecule has 0 spiro atoms. The second kappa shape index (κ2) is 7.55. The zero-order valence-corrected chi connectivity index (χ0v) is 15.0. The van der Waals surface area contributed by atoms with Crippen LogP contribution in [0.3, 0.4) is 0 Å². The predicted molar refractivity (Wildman–Crippen MR) is 93.1 cm³/mol. The fourth-order valence-electron chi connectivity index (χ4n) is 3.08. The van der Waals surface area contributed by atoms with Crippen molar-refractivity contribution in [2.45, 2.75) is 39.7 Å². The third kappa shape index (κ3) is 3.80. The van der Waals surface area contributed by atoms with Crippen LogP contribution in [0.4, 0.5) is 4.79 Å². The van der Waals surface area contributed by atoms with Crippen LogP contribution in [0.15, 0.2) is 12.1 Å². The molecular formula is C18H27N3O3. The van der Waals surface area contributed by atoms with E-state index in [-0.39, 0.29) is 5.91 Å². The number of ether oxygens (including phenoxy) is 1. The van der Waals surface area contributed by atoms with Gasteiger partial charge in [-0.1, -0.05) is 12.1 Å². The van der Waals surface area contributed by atoms with Crippen LogP contribution >= 0.6 is 0 Å². The lowest BCUT2D eigenvalue weighted by molar-refractivity contribution is -0.134. The Morgan fingerprint density at radius 1 is 1.29 bits per heavy atom. The summed E-state index contributed by atoms with van der Waals surface area (Å²) in [5, 5.41) is 0. The summed E-state index contributed by atoms with van der Waals surface area (Å²) < 4.78 is 5.91. The van der Waals surface area contributed by atoms with E-state index in [1.807, 2.05) is 19.9 Å². The van der Waals surface area contributed by atoms with Gasteiger partial charge in [-0.3, -0.25) is 4.79 Å². The van der Waals surface area contributed by atoms with Crippen molar-refractivity contribution in [1.82, 2.24) is 9.80 Å². The molecule has 1 aliphatic rings. The van der Waals surface area contributed by atoms with Crippen molar-refractivity contribution >= 4 is 11.9 Å². The molecule has 1 aliphatic heterocycles. The summed E-state index contributed by atoms with van der Waals surface area (Å²) in [6, 6.07) is 3.15. The fraction of sp³-hybridized carbons (Fsp3) is 0.556. The van der Waals surface area contributed by atoms with Crippen LogP contribution in [-0.4, -0.2) is 54.5 Å². The van der Waals surface area contributed by atoms with Crippen molar-refractivity contribution in [3.8, 4) is 5.75 Å². The molecular weight excluding hydrogens is 306 g/mol. The number of urea groups is 1. The minimum atomic E-state index is -0.526. The van der Waals surface area contributed by atoms with E-state index in [1.54, 1.807) is 11.9 Å². The van der Waals surface area contributed by atoms with E-state index in [0.29, 0.717) is 26.1 Å². The van der Waals surface area contributed by atoms with Gasteiger partial charge in [0.2, 0.25) is 5.91 Å². The molecule has 0 aliphatic carbocycles. The second-order valence-corrected chi connectivity index (χ2v) is 6.45. The molecule has 0 unspecified atom stereocenters. The molecule has 0 bridgehead atoms. The van der Waals surface area contributed by atoms with Crippen LogP contribution in [0.1, 0.15) is 29.5 Å². The standard InChI is InChI=1S/C18H27N3O3/c1-12-7-8-13(2)16(14(12)3)24-11-10-20(4)17(22)15-6-5-9-21(15)18(19)23/h7-8,15H,5-6,9-11H2,1-4H3,(H2,19,23)/t15-/m0/s1. The molecule has 0 radical (unpaired) electrons. The average molecular weight is 333 g/mol. The Morgan fingerprint density at radius 2 is 1.96 bits per heavy atom. The first-order valence-corrected chi connectivity index (χ1v) is 8.33. The maximum atomic E-state index is 12.5. The van der Waals surface area contributed by atoms with Gasteiger partial charge in [0.1, 0.15) is 18.4 Å². The van der Waals surface area contributed by atoms with Crippen LogP contribution in [-0.2, 0) is 4.79 Å². The number of benzene rings is 1. The topological polar surface area (TPSA) is 75.9 Å². The smallest absolute Gasteiger partial charge is 0.315 e. The van der Waals surface area contributed by atoms with E-state index in [9.17, 15) is 9.59 Å². The lowest BCUT2D eigenvalue weighted by atomic mass is 10.1. The van der Waals surface area contributed by atoms with E-state index < -0.39 is 12.1 Å². The number of amides is 3. The molecule has 1 fully saturated rings. The number of carbonyl (C=O) groups is 2. The Kier molecular flexibility index (Phi) is 5.70. The summed E-state index contributed by atoms with van der Waals surface area (Å²) in [5.74, 6) is 0.808. The zero-order chi connectivity index (χ0) is 17.9. The molecule has 1 saturated heterocycles. The first-order valence-electron chi connectivity index (χ1n) is 8.33.